The van der Waals surface area contributed by atoms with E-state index < -0.39 is 0 Å². The topological polar surface area (TPSA) is 116 Å². The van der Waals surface area contributed by atoms with Crippen LogP contribution in [0.1, 0.15) is 29.0 Å². The number of piperazine rings is 1. The summed E-state index contributed by atoms with van der Waals surface area (Å²) in [5, 5.41) is 20.1. The van der Waals surface area contributed by atoms with E-state index in [1.165, 1.54) is 0 Å². The van der Waals surface area contributed by atoms with Crippen LogP contribution in [0, 0.1) is 5.92 Å². The first kappa shape index (κ1) is 23.3. The van der Waals surface area contributed by atoms with Gasteiger partial charge < -0.3 is 9.80 Å². The second-order valence-electron chi connectivity index (χ2n) is 9.71. The van der Waals surface area contributed by atoms with Crippen molar-refractivity contribution in [2.75, 3.05) is 39.3 Å². The minimum absolute atomic E-state index is 0.0263. The lowest BCUT2D eigenvalue weighted by molar-refractivity contribution is -0.138. The van der Waals surface area contributed by atoms with Crippen LogP contribution in [0.15, 0.2) is 54.7 Å². The predicted octanol–water partition coefficient (Wildman–Crippen LogP) is 1.74. The number of carbonyl (C=O) groups is 2. The fourth-order valence-corrected chi connectivity index (χ4v) is 5.28. The number of hydrogen-bond donors (Lipinski definition) is 1. The van der Waals surface area contributed by atoms with Crippen LogP contribution in [0.25, 0.3) is 16.6 Å². The second-order valence-corrected chi connectivity index (χ2v) is 9.71. The molecule has 2 amide bonds. The van der Waals surface area contributed by atoms with Gasteiger partial charge in [-0.15, -0.1) is 5.10 Å². The molecule has 0 spiro atoms. The Morgan fingerprint density at radius 3 is 2.65 bits per heavy atom. The van der Waals surface area contributed by atoms with Gasteiger partial charge in [0, 0.05) is 50.2 Å². The molecule has 1 unspecified atom stereocenters. The number of piperidine rings is 1. The van der Waals surface area contributed by atoms with Crippen LogP contribution in [-0.2, 0) is 11.3 Å². The highest BCUT2D eigenvalue weighted by Crippen LogP contribution is 2.23. The minimum atomic E-state index is -0.160. The van der Waals surface area contributed by atoms with Crippen molar-refractivity contribution in [1.82, 2.24) is 45.1 Å². The molecule has 1 atom stereocenters. The van der Waals surface area contributed by atoms with Crippen molar-refractivity contribution in [3.8, 4) is 5.69 Å². The highest BCUT2D eigenvalue weighted by molar-refractivity contribution is 5.98. The van der Waals surface area contributed by atoms with Gasteiger partial charge >= 0.3 is 0 Å². The van der Waals surface area contributed by atoms with Crippen LogP contribution in [0.5, 0.6) is 0 Å². The summed E-state index contributed by atoms with van der Waals surface area (Å²) in [6.45, 7) is 4.60. The average Bonchev–Trinajstić information content (AvgIpc) is 3.62. The molecule has 2 aliphatic rings. The Morgan fingerprint density at radius 1 is 0.973 bits per heavy atom. The molecule has 2 fully saturated rings. The largest absolute Gasteiger partial charge is 0.340 e. The molecule has 4 aromatic rings. The van der Waals surface area contributed by atoms with E-state index in [9.17, 15) is 9.59 Å². The van der Waals surface area contributed by atoms with E-state index >= 15 is 0 Å². The summed E-state index contributed by atoms with van der Waals surface area (Å²) in [4.78, 5) is 32.6. The van der Waals surface area contributed by atoms with E-state index in [1.807, 2.05) is 58.3 Å². The van der Waals surface area contributed by atoms with Crippen molar-refractivity contribution in [2.45, 2.75) is 19.4 Å². The molecular formula is C26H29N9O2. The fraction of sp³-hybridized carbons (Fsp3) is 0.385. The van der Waals surface area contributed by atoms with Crippen molar-refractivity contribution >= 4 is 22.7 Å². The fourth-order valence-electron chi connectivity index (χ4n) is 5.28. The van der Waals surface area contributed by atoms with Crippen molar-refractivity contribution in [1.29, 1.82) is 0 Å². The van der Waals surface area contributed by atoms with E-state index in [0.29, 0.717) is 38.3 Å². The van der Waals surface area contributed by atoms with Gasteiger partial charge in [0.05, 0.1) is 29.9 Å². The Hall–Kier alpha value is -4.12. The molecular weight excluding hydrogens is 470 g/mol. The number of likely N-dealkylation sites (tertiary alicyclic amines) is 1. The summed E-state index contributed by atoms with van der Waals surface area (Å²) < 4.78 is 1.76. The number of rotatable bonds is 5. The number of tetrazole rings is 1. The average molecular weight is 500 g/mol. The lowest BCUT2D eigenvalue weighted by atomic mass is 9.95. The number of fused-ring (bicyclic) bond motifs is 1. The molecule has 2 aromatic heterocycles. The SMILES string of the molecule is O=C(c1ccc2[nH]ncc2c1)N1CCCC(C(=O)N2CCN(Cc3nnnn3-c3ccccc3)CC2)C1. The summed E-state index contributed by atoms with van der Waals surface area (Å²) in [5.41, 5.74) is 2.46. The Balaban J connectivity index is 1.04. The first-order valence-corrected chi connectivity index (χ1v) is 12.7. The number of aromatic nitrogens is 6. The predicted molar refractivity (Wildman–Crippen MR) is 136 cm³/mol. The molecule has 6 rings (SSSR count). The zero-order chi connectivity index (χ0) is 25.2. The summed E-state index contributed by atoms with van der Waals surface area (Å²) in [6, 6.07) is 15.4. The highest BCUT2D eigenvalue weighted by atomic mass is 16.2. The van der Waals surface area contributed by atoms with Crippen LogP contribution < -0.4 is 0 Å². The van der Waals surface area contributed by atoms with Crippen LogP contribution >= 0.6 is 0 Å². The number of nitrogens with one attached hydrogen (secondary N) is 1. The Bertz CT molecular complexity index is 1390. The lowest BCUT2D eigenvalue weighted by Gasteiger charge is -2.39. The second kappa shape index (κ2) is 10.1. The Kier molecular flexibility index (Phi) is 6.35. The van der Waals surface area contributed by atoms with Crippen molar-refractivity contribution in [2.24, 2.45) is 5.92 Å². The van der Waals surface area contributed by atoms with E-state index in [2.05, 4.69) is 30.6 Å². The standard InChI is InChI=1S/C26H29N9O2/c36-25(19-8-9-23-21(15-19)16-27-28-23)34-10-4-5-20(17-34)26(37)33-13-11-32(12-14-33)18-24-29-30-31-35(24)22-6-2-1-3-7-22/h1-3,6-9,15-16,20H,4-5,10-14,17-18H2,(H,27,28). The molecule has 0 saturated carbocycles. The van der Waals surface area contributed by atoms with E-state index in [-0.39, 0.29) is 17.7 Å². The monoisotopic (exact) mass is 499 g/mol. The maximum Gasteiger partial charge on any atom is 0.253 e. The molecule has 0 aliphatic carbocycles. The smallest absolute Gasteiger partial charge is 0.253 e. The molecule has 0 bridgehead atoms. The number of hydrogen-bond acceptors (Lipinski definition) is 7. The zero-order valence-corrected chi connectivity index (χ0v) is 20.5. The van der Waals surface area contributed by atoms with E-state index in [1.54, 1.807) is 10.9 Å². The van der Waals surface area contributed by atoms with Gasteiger partial charge in [-0.3, -0.25) is 19.6 Å². The van der Waals surface area contributed by atoms with Crippen LogP contribution in [0.2, 0.25) is 0 Å². The molecule has 2 aromatic carbocycles. The Labute approximate surface area is 214 Å². The van der Waals surface area contributed by atoms with Crippen molar-refractivity contribution < 1.29 is 9.59 Å². The van der Waals surface area contributed by atoms with E-state index in [4.69, 9.17) is 0 Å². The number of H-pyrrole nitrogens is 1. The summed E-state index contributed by atoms with van der Waals surface area (Å²) in [5.74, 6) is 0.742. The normalized spacial score (nSPS) is 18.9. The third-order valence-electron chi connectivity index (χ3n) is 7.33. The van der Waals surface area contributed by atoms with Gasteiger partial charge in [0.15, 0.2) is 5.82 Å². The molecule has 37 heavy (non-hydrogen) atoms. The summed E-state index contributed by atoms with van der Waals surface area (Å²) in [7, 11) is 0. The van der Waals surface area contributed by atoms with Crippen molar-refractivity contribution in [3.63, 3.8) is 0 Å². The Morgan fingerprint density at radius 2 is 1.81 bits per heavy atom. The number of aromatic amines is 1. The lowest BCUT2D eigenvalue weighted by Crippen LogP contribution is -2.52. The van der Waals surface area contributed by atoms with Gasteiger partial charge in [-0.05, 0) is 53.6 Å². The number of para-hydroxylation sites is 1. The zero-order valence-electron chi connectivity index (χ0n) is 20.5. The van der Waals surface area contributed by atoms with Gasteiger partial charge in [-0.1, -0.05) is 18.2 Å². The summed E-state index contributed by atoms with van der Waals surface area (Å²) >= 11 is 0. The quantitative estimate of drug-likeness (QED) is 0.445. The number of amides is 2. The molecule has 4 heterocycles. The number of nitrogens with zero attached hydrogens (tertiary/aromatic N) is 8. The third kappa shape index (κ3) is 4.82. The molecule has 11 heteroatoms. The highest BCUT2D eigenvalue weighted by Gasteiger charge is 2.33. The minimum Gasteiger partial charge on any atom is -0.340 e. The molecule has 1 N–H and O–H groups in total. The first-order chi connectivity index (χ1) is 18.2. The molecule has 11 nitrogen and oxygen atoms in total. The van der Waals surface area contributed by atoms with Gasteiger partial charge in [0.25, 0.3) is 5.91 Å². The van der Waals surface area contributed by atoms with E-state index in [0.717, 1.165) is 48.3 Å². The first-order valence-electron chi connectivity index (χ1n) is 12.7. The van der Waals surface area contributed by atoms with Crippen LogP contribution in [-0.4, -0.2) is 96.2 Å². The maximum absolute atomic E-state index is 13.4. The summed E-state index contributed by atoms with van der Waals surface area (Å²) in [6.07, 6.45) is 3.37. The van der Waals surface area contributed by atoms with Gasteiger partial charge in [-0.25, -0.2) is 0 Å². The number of benzene rings is 2. The van der Waals surface area contributed by atoms with Crippen molar-refractivity contribution in [3.05, 3.63) is 66.1 Å². The third-order valence-corrected chi connectivity index (χ3v) is 7.33. The molecule has 0 radical (unpaired) electrons. The van der Waals surface area contributed by atoms with Gasteiger partial charge in [0.2, 0.25) is 5.91 Å². The maximum atomic E-state index is 13.4. The molecule has 190 valence electrons. The number of carbonyl (C=O) groups excluding carboxylic acids is 2. The van der Waals surface area contributed by atoms with Crippen LogP contribution in [0.4, 0.5) is 0 Å². The van der Waals surface area contributed by atoms with Gasteiger partial charge in [-0.2, -0.15) is 9.78 Å². The molecule has 2 saturated heterocycles. The van der Waals surface area contributed by atoms with Gasteiger partial charge in [0.1, 0.15) is 0 Å². The molecule has 2 aliphatic heterocycles. The van der Waals surface area contributed by atoms with Crippen LogP contribution in [0.3, 0.4) is 0 Å².